The molecule has 1 aliphatic heterocycles. The van der Waals surface area contributed by atoms with E-state index in [1.165, 1.54) is 12.2 Å². The van der Waals surface area contributed by atoms with E-state index < -0.39 is 11.6 Å². The topological polar surface area (TPSA) is 38.1 Å². The first kappa shape index (κ1) is 16.4. The molecule has 2 heterocycles. The van der Waals surface area contributed by atoms with Gasteiger partial charge in [0.15, 0.2) is 0 Å². The summed E-state index contributed by atoms with van der Waals surface area (Å²) in [4.78, 5) is 14.1. The standard InChI is InChI=1S/C18H19F2N3O/c1-22-10-8-17(21-22)14-3-2-9-23(12-14)18(24)7-4-13-11-15(19)5-6-16(13)20/h4-8,10-11,14H,2-3,9,12H2,1H3. The first-order valence-electron chi connectivity index (χ1n) is 7.94. The van der Waals surface area contributed by atoms with Crippen molar-refractivity contribution in [2.45, 2.75) is 18.8 Å². The van der Waals surface area contributed by atoms with Crippen molar-refractivity contribution in [3.05, 3.63) is 59.4 Å². The molecule has 4 nitrogen and oxygen atoms in total. The summed E-state index contributed by atoms with van der Waals surface area (Å²) in [5, 5.41) is 4.41. The van der Waals surface area contributed by atoms with Crippen LogP contribution in [-0.4, -0.2) is 33.7 Å². The Morgan fingerprint density at radius 2 is 2.17 bits per heavy atom. The summed E-state index contributed by atoms with van der Waals surface area (Å²) in [6, 6.07) is 5.15. The third-order valence-corrected chi connectivity index (χ3v) is 4.25. The van der Waals surface area contributed by atoms with Gasteiger partial charge in [0.2, 0.25) is 5.91 Å². The van der Waals surface area contributed by atoms with Crippen LogP contribution < -0.4 is 0 Å². The van der Waals surface area contributed by atoms with Crippen molar-refractivity contribution >= 4 is 12.0 Å². The predicted molar refractivity (Wildman–Crippen MR) is 87.2 cm³/mol. The normalized spacial score (nSPS) is 18.3. The summed E-state index contributed by atoms with van der Waals surface area (Å²) in [6.07, 6.45) is 6.41. The first-order valence-corrected chi connectivity index (χ1v) is 7.94. The minimum absolute atomic E-state index is 0.0710. The van der Waals surface area contributed by atoms with E-state index in [2.05, 4.69) is 5.10 Å². The van der Waals surface area contributed by atoms with Crippen molar-refractivity contribution in [2.24, 2.45) is 7.05 Å². The van der Waals surface area contributed by atoms with Crippen molar-refractivity contribution in [1.29, 1.82) is 0 Å². The fourth-order valence-corrected chi connectivity index (χ4v) is 2.98. The average molecular weight is 331 g/mol. The molecule has 0 bridgehead atoms. The minimum atomic E-state index is -0.551. The SMILES string of the molecule is Cn1ccc(C2CCCN(C(=O)C=Cc3cc(F)ccc3F)C2)n1. The lowest BCUT2D eigenvalue weighted by molar-refractivity contribution is -0.127. The van der Waals surface area contributed by atoms with Crippen LogP contribution in [-0.2, 0) is 11.8 Å². The molecule has 1 saturated heterocycles. The maximum Gasteiger partial charge on any atom is 0.246 e. The number of piperidine rings is 1. The minimum Gasteiger partial charge on any atom is -0.338 e. The number of aryl methyl sites for hydroxylation is 1. The molecule has 0 aliphatic carbocycles. The lowest BCUT2D eigenvalue weighted by Gasteiger charge is -2.31. The number of likely N-dealkylation sites (tertiary alicyclic amines) is 1. The summed E-state index contributed by atoms with van der Waals surface area (Å²) in [5.74, 6) is -1.07. The van der Waals surface area contributed by atoms with Gasteiger partial charge in [-0.05, 0) is 43.2 Å². The number of carbonyl (C=O) groups excluding carboxylic acids is 1. The van der Waals surface area contributed by atoms with E-state index in [4.69, 9.17) is 0 Å². The van der Waals surface area contributed by atoms with E-state index in [1.54, 1.807) is 9.58 Å². The average Bonchev–Trinajstić information content (AvgIpc) is 3.02. The van der Waals surface area contributed by atoms with Crippen LogP contribution in [0.2, 0.25) is 0 Å². The molecule has 126 valence electrons. The van der Waals surface area contributed by atoms with Crippen LogP contribution in [0.3, 0.4) is 0 Å². The van der Waals surface area contributed by atoms with E-state index in [1.807, 2.05) is 19.3 Å². The quantitative estimate of drug-likeness (QED) is 0.811. The summed E-state index contributed by atoms with van der Waals surface area (Å²) >= 11 is 0. The molecular formula is C18H19F2N3O. The highest BCUT2D eigenvalue weighted by atomic mass is 19.1. The third kappa shape index (κ3) is 3.69. The molecule has 1 fully saturated rings. The Labute approximate surface area is 139 Å². The fourth-order valence-electron chi connectivity index (χ4n) is 2.98. The van der Waals surface area contributed by atoms with Crippen LogP contribution in [0, 0.1) is 11.6 Å². The van der Waals surface area contributed by atoms with Crippen molar-refractivity contribution in [1.82, 2.24) is 14.7 Å². The van der Waals surface area contributed by atoms with Crippen molar-refractivity contribution in [2.75, 3.05) is 13.1 Å². The van der Waals surface area contributed by atoms with Gasteiger partial charge in [0, 0.05) is 43.9 Å². The van der Waals surface area contributed by atoms with E-state index in [-0.39, 0.29) is 17.4 Å². The molecule has 1 unspecified atom stereocenters. The lowest BCUT2D eigenvalue weighted by atomic mass is 9.95. The molecule has 24 heavy (non-hydrogen) atoms. The van der Waals surface area contributed by atoms with Gasteiger partial charge in [0.1, 0.15) is 11.6 Å². The second kappa shape index (κ2) is 6.95. The number of amides is 1. The van der Waals surface area contributed by atoms with Gasteiger partial charge in [-0.15, -0.1) is 0 Å². The largest absolute Gasteiger partial charge is 0.338 e. The van der Waals surface area contributed by atoms with E-state index in [9.17, 15) is 13.6 Å². The van der Waals surface area contributed by atoms with Gasteiger partial charge in [-0.1, -0.05) is 0 Å². The summed E-state index contributed by atoms with van der Waals surface area (Å²) in [6.45, 7) is 1.25. The van der Waals surface area contributed by atoms with Crippen LogP contribution in [0.1, 0.15) is 30.0 Å². The number of aromatic nitrogens is 2. The highest BCUT2D eigenvalue weighted by molar-refractivity contribution is 5.91. The molecule has 0 spiro atoms. The Hall–Kier alpha value is -2.50. The molecule has 0 radical (unpaired) electrons. The van der Waals surface area contributed by atoms with Crippen molar-refractivity contribution in [3.63, 3.8) is 0 Å². The zero-order valence-corrected chi connectivity index (χ0v) is 13.5. The third-order valence-electron chi connectivity index (χ3n) is 4.25. The molecule has 1 atom stereocenters. The van der Waals surface area contributed by atoms with Crippen molar-refractivity contribution in [3.8, 4) is 0 Å². The second-order valence-electron chi connectivity index (χ2n) is 6.04. The molecule has 1 aromatic carbocycles. The van der Waals surface area contributed by atoms with E-state index >= 15 is 0 Å². The monoisotopic (exact) mass is 331 g/mol. The number of hydrogen-bond acceptors (Lipinski definition) is 2. The van der Waals surface area contributed by atoms with Crippen molar-refractivity contribution < 1.29 is 13.6 Å². The van der Waals surface area contributed by atoms with E-state index in [0.29, 0.717) is 13.1 Å². The zero-order chi connectivity index (χ0) is 17.1. The molecule has 2 aromatic rings. The zero-order valence-electron chi connectivity index (χ0n) is 13.5. The number of hydrogen-bond donors (Lipinski definition) is 0. The van der Waals surface area contributed by atoms with Gasteiger partial charge in [0.25, 0.3) is 0 Å². The Morgan fingerprint density at radius 3 is 2.92 bits per heavy atom. The van der Waals surface area contributed by atoms with Crippen LogP contribution >= 0.6 is 0 Å². The Bertz CT molecular complexity index is 769. The van der Waals surface area contributed by atoms with Gasteiger partial charge in [-0.2, -0.15) is 5.10 Å². The molecule has 1 aliphatic rings. The number of nitrogens with zero attached hydrogens (tertiary/aromatic N) is 3. The maximum atomic E-state index is 13.6. The van der Waals surface area contributed by atoms with Crippen LogP contribution in [0.15, 0.2) is 36.5 Å². The molecule has 6 heteroatoms. The number of carbonyl (C=O) groups is 1. The van der Waals surface area contributed by atoms with Gasteiger partial charge in [-0.25, -0.2) is 8.78 Å². The smallest absolute Gasteiger partial charge is 0.246 e. The lowest BCUT2D eigenvalue weighted by Crippen LogP contribution is -2.38. The summed E-state index contributed by atoms with van der Waals surface area (Å²) in [5.41, 5.74) is 1.05. The molecule has 3 rings (SSSR count). The number of benzene rings is 1. The summed E-state index contributed by atoms with van der Waals surface area (Å²) < 4.78 is 28.5. The van der Waals surface area contributed by atoms with Gasteiger partial charge in [-0.3, -0.25) is 9.48 Å². The number of rotatable bonds is 3. The Kier molecular flexibility index (Phi) is 4.74. The van der Waals surface area contributed by atoms with Crippen LogP contribution in [0.25, 0.3) is 6.08 Å². The maximum absolute atomic E-state index is 13.6. The molecular weight excluding hydrogens is 312 g/mol. The summed E-state index contributed by atoms with van der Waals surface area (Å²) in [7, 11) is 1.87. The van der Waals surface area contributed by atoms with Crippen LogP contribution in [0.4, 0.5) is 8.78 Å². The highest BCUT2D eigenvalue weighted by Crippen LogP contribution is 2.25. The molecule has 0 saturated carbocycles. The van der Waals surface area contributed by atoms with E-state index in [0.717, 1.165) is 36.7 Å². The molecule has 1 amide bonds. The fraction of sp³-hybridized carbons (Fsp3) is 0.333. The first-order chi connectivity index (χ1) is 11.5. The Morgan fingerprint density at radius 1 is 1.33 bits per heavy atom. The van der Waals surface area contributed by atoms with Crippen LogP contribution in [0.5, 0.6) is 0 Å². The second-order valence-corrected chi connectivity index (χ2v) is 6.04. The molecule has 0 N–H and O–H groups in total. The number of halogens is 2. The molecule has 1 aromatic heterocycles. The highest BCUT2D eigenvalue weighted by Gasteiger charge is 2.25. The van der Waals surface area contributed by atoms with Gasteiger partial charge < -0.3 is 4.90 Å². The van der Waals surface area contributed by atoms with Gasteiger partial charge >= 0.3 is 0 Å². The Balaban J connectivity index is 1.68. The predicted octanol–water partition coefficient (Wildman–Crippen LogP) is 3.12. The van der Waals surface area contributed by atoms with Gasteiger partial charge in [0.05, 0.1) is 5.69 Å².